The lowest BCUT2D eigenvalue weighted by Crippen LogP contribution is -2.31. The molecule has 1 aromatic rings. The van der Waals surface area contributed by atoms with Crippen LogP contribution in [0.2, 0.25) is 0 Å². The minimum Gasteiger partial charge on any atom is -0.496 e. The Hall–Kier alpha value is -1.17. The summed E-state index contributed by atoms with van der Waals surface area (Å²) in [6.45, 7) is 0.344. The average Bonchev–Trinajstić information content (AvgIpc) is 2.26. The second-order valence-corrected chi connectivity index (χ2v) is 3.06. The lowest BCUT2D eigenvalue weighted by atomic mass is 10.1. The summed E-state index contributed by atoms with van der Waals surface area (Å²) in [5.41, 5.74) is 3.19. The van der Waals surface area contributed by atoms with Gasteiger partial charge in [0.25, 0.3) is 0 Å². The Kier molecular flexibility index (Phi) is 4.48. The van der Waals surface area contributed by atoms with E-state index in [0.29, 0.717) is 17.9 Å². The molecule has 0 spiro atoms. The van der Waals surface area contributed by atoms with E-state index in [-0.39, 0.29) is 11.9 Å². The van der Waals surface area contributed by atoms with E-state index in [1.165, 1.54) is 19.2 Å². The van der Waals surface area contributed by atoms with Gasteiger partial charge in [-0.3, -0.25) is 11.3 Å². The van der Waals surface area contributed by atoms with Gasteiger partial charge in [-0.25, -0.2) is 4.39 Å². The van der Waals surface area contributed by atoms with E-state index in [4.69, 9.17) is 15.3 Å². The predicted molar refractivity (Wildman–Crippen MR) is 54.9 cm³/mol. The van der Waals surface area contributed by atoms with Crippen LogP contribution >= 0.6 is 0 Å². The zero-order valence-electron chi connectivity index (χ0n) is 8.79. The summed E-state index contributed by atoms with van der Waals surface area (Å²) in [4.78, 5) is 0. The molecule has 4 nitrogen and oxygen atoms in total. The van der Waals surface area contributed by atoms with Gasteiger partial charge in [-0.05, 0) is 18.2 Å². The van der Waals surface area contributed by atoms with Crippen molar-refractivity contribution in [1.29, 1.82) is 0 Å². The van der Waals surface area contributed by atoms with Crippen molar-refractivity contribution < 1.29 is 13.9 Å². The highest BCUT2D eigenvalue weighted by Gasteiger charge is 2.15. The van der Waals surface area contributed by atoms with Crippen LogP contribution in [0.3, 0.4) is 0 Å². The predicted octanol–water partition coefficient (Wildman–Crippen LogP) is 0.985. The fourth-order valence-corrected chi connectivity index (χ4v) is 1.37. The van der Waals surface area contributed by atoms with Gasteiger partial charge in [0, 0.05) is 12.7 Å². The highest BCUT2D eigenvalue weighted by molar-refractivity contribution is 5.36. The number of benzene rings is 1. The van der Waals surface area contributed by atoms with Crippen molar-refractivity contribution in [3.8, 4) is 5.75 Å². The minimum atomic E-state index is -0.331. The Morgan fingerprint density at radius 3 is 2.73 bits per heavy atom. The first-order valence-corrected chi connectivity index (χ1v) is 4.51. The molecule has 0 aliphatic carbocycles. The molecule has 1 atom stereocenters. The number of hydrogen-bond donors (Lipinski definition) is 2. The Bertz CT molecular complexity index is 320. The molecule has 3 N–H and O–H groups in total. The van der Waals surface area contributed by atoms with E-state index in [0.717, 1.165) is 0 Å². The Labute approximate surface area is 88.1 Å². The molecule has 0 bridgehead atoms. The van der Waals surface area contributed by atoms with Crippen LogP contribution in [0.4, 0.5) is 4.39 Å². The average molecular weight is 214 g/mol. The second kappa shape index (κ2) is 5.65. The zero-order chi connectivity index (χ0) is 11.3. The summed E-state index contributed by atoms with van der Waals surface area (Å²) in [6.07, 6.45) is 0. The molecule has 84 valence electrons. The summed E-state index contributed by atoms with van der Waals surface area (Å²) in [5.74, 6) is 5.61. The molecule has 0 saturated carbocycles. The Morgan fingerprint density at radius 1 is 1.47 bits per heavy atom. The van der Waals surface area contributed by atoms with Gasteiger partial charge in [0.2, 0.25) is 0 Å². The largest absolute Gasteiger partial charge is 0.496 e. The van der Waals surface area contributed by atoms with E-state index in [2.05, 4.69) is 5.43 Å². The lowest BCUT2D eigenvalue weighted by Gasteiger charge is -2.18. The Balaban J connectivity index is 3.02. The van der Waals surface area contributed by atoms with Crippen LogP contribution in [-0.4, -0.2) is 20.8 Å². The molecule has 0 aliphatic rings. The van der Waals surface area contributed by atoms with Crippen LogP contribution in [0.1, 0.15) is 11.6 Å². The lowest BCUT2D eigenvalue weighted by molar-refractivity contribution is 0.166. The standard InChI is InChI=1S/C10H15FN2O2/c1-14-6-9(13-12)8-5-7(11)3-4-10(8)15-2/h3-5,9,13H,6,12H2,1-2H3. The van der Waals surface area contributed by atoms with Crippen molar-refractivity contribution in [2.45, 2.75) is 6.04 Å². The molecule has 0 fully saturated rings. The van der Waals surface area contributed by atoms with Gasteiger partial charge < -0.3 is 9.47 Å². The van der Waals surface area contributed by atoms with E-state index >= 15 is 0 Å². The first-order valence-electron chi connectivity index (χ1n) is 4.51. The van der Waals surface area contributed by atoms with Gasteiger partial charge in [-0.15, -0.1) is 0 Å². The molecule has 0 radical (unpaired) electrons. The molecule has 1 aromatic carbocycles. The fourth-order valence-electron chi connectivity index (χ4n) is 1.37. The molecule has 1 rings (SSSR count). The van der Waals surface area contributed by atoms with Crippen LogP contribution in [-0.2, 0) is 4.74 Å². The van der Waals surface area contributed by atoms with Gasteiger partial charge in [0.15, 0.2) is 0 Å². The van der Waals surface area contributed by atoms with Crippen molar-refractivity contribution in [2.24, 2.45) is 5.84 Å². The summed E-state index contributed by atoms with van der Waals surface area (Å²) in [6, 6.07) is 3.98. The van der Waals surface area contributed by atoms with Gasteiger partial charge in [-0.2, -0.15) is 0 Å². The summed E-state index contributed by atoms with van der Waals surface area (Å²) in [7, 11) is 3.08. The SMILES string of the molecule is COCC(NN)c1cc(F)ccc1OC. The quantitative estimate of drug-likeness (QED) is 0.567. The first-order chi connectivity index (χ1) is 7.22. The maximum Gasteiger partial charge on any atom is 0.123 e. The van der Waals surface area contributed by atoms with Crippen LogP contribution in [0.5, 0.6) is 5.75 Å². The number of rotatable bonds is 5. The molecule has 0 aromatic heterocycles. The number of ether oxygens (including phenoxy) is 2. The summed E-state index contributed by atoms with van der Waals surface area (Å²) in [5, 5.41) is 0. The molecule has 5 heteroatoms. The maximum atomic E-state index is 13.1. The first kappa shape index (κ1) is 11.9. The van der Waals surface area contributed by atoms with E-state index in [1.807, 2.05) is 0 Å². The summed E-state index contributed by atoms with van der Waals surface area (Å²) < 4.78 is 23.1. The highest BCUT2D eigenvalue weighted by atomic mass is 19.1. The summed E-state index contributed by atoms with van der Waals surface area (Å²) >= 11 is 0. The van der Waals surface area contributed by atoms with Gasteiger partial charge in [-0.1, -0.05) is 0 Å². The van der Waals surface area contributed by atoms with E-state index < -0.39 is 0 Å². The monoisotopic (exact) mass is 214 g/mol. The third-order valence-corrected chi connectivity index (χ3v) is 2.10. The molecule has 0 aliphatic heterocycles. The third-order valence-electron chi connectivity index (χ3n) is 2.10. The molecule has 0 saturated heterocycles. The van der Waals surface area contributed by atoms with Crippen LogP contribution in [0.15, 0.2) is 18.2 Å². The Morgan fingerprint density at radius 2 is 2.20 bits per heavy atom. The van der Waals surface area contributed by atoms with Crippen molar-refractivity contribution >= 4 is 0 Å². The van der Waals surface area contributed by atoms with Crippen molar-refractivity contribution in [2.75, 3.05) is 20.8 Å². The van der Waals surface area contributed by atoms with Crippen molar-refractivity contribution in [3.63, 3.8) is 0 Å². The van der Waals surface area contributed by atoms with Crippen molar-refractivity contribution in [3.05, 3.63) is 29.6 Å². The maximum absolute atomic E-state index is 13.1. The van der Waals surface area contributed by atoms with Gasteiger partial charge >= 0.3 is 0 Å². The highest BCUT2D eigenvalue weighted by Crippen LogP contribution is 2.25. The van der Waals surface area contributed by atoms with E-state index in [9.17, 15) is 4.39 Å². The number of hydrazine groups is 1. The van der Waals surface area contributed by atoms with Crippen LogP contribution in [0.25, 0.3) is 0 Å². The van der Waals surface area contributed by atoms with Gasteiger partial charge in [0.05, 0.1) is 19.8 Å². The number of hydrogen-bond acceptors (Lipinski definition) is 4. The topological polar surface area (TPSA) is 56.5 Å². The van der Waals surface area contributed by atoms with Crippen LogP contribution in [0, 0.1) is 5.82 Å². The molecular formula is C10H15FN2O2. The smallest absolute Gasteiger partial charge is 0.123 e. The van der Waals surface area contributed by atoms with Gasteiger partial charge in [0.1, 0.15) is 11.6 Å². The molecule has 1 unspecified atom stereocenters. The fraction of sp³-hybridized carbons (Fsp3) is 0.400. The number of methoxy groups -OCH3 is 2. The third kappa shape index (κ3) is 2.89. The van der Waals surface area contributed by atoms with Crippen LogP contribution < -0.4 is 16.0 Å². The minimum absolute atomic E-state index is 0.291. The molecule has 0 heterocycles. The van der Waals surface area contributed by atoms with Crippen molar-refractivity contribution in [1.82, 2.24) is 5.43 Å². The van der Waals surface area contributed by atoms with E-state index in [1.54, 1.807) is 13.2 Å². The number of nitrogens with one attached hydrogen (secondary N) is 1. The second-order valence-electron chi connectivity index (χ2n) is 3.06. The molecule has 0 amide bonds. The molecular weight excluding hydrogens is 199 g/mol. The number of halogens is 1. The normalized spacial score (nSPS) is 12.5. The molecule has 15 heavy (non-hydrogen) atoms. The zero-order valence-corrected chi connectivity index (χ0v) is 8.79. The number of nitrogens with two attached hydrogens (primary N) is 1.